The summed E-state index contributed by atoms with van der Waals surface area (Å²) in [5.74, 6) is 0.211. The van der Waals surface area contributed by atoms with Crippen LogP contribution in [0.2, 0.25) is 0 Å². The topological polar surface area (TPSA) is 83.0 Å². The molecule has 4 heterocycles. The number of aromatic nitrogens is 3. The summed E-state index contributed by atoms with van der Waals surface area (Å²) in [6.07, 6.45) is -2.27. The molecular weight excluding hydrogens is 397 g/mol. The Morgan fingerprint density at radius 2 is 2.07 bits per heavy atom. The fraction of sp³-hybridized carbons (Fsp3) is 0.500. The molecule has 0 radical (unpaired) electrons. The number of hydrogen-bond donors (Lipinski definition) is 2. The van der Waals surface area contributed by atoms with Gasteiger partial charge in [0.25, 0.3) is 0 Å². The smallest absolute Gasteiger partial charge is 0.351 e. The molecule has 160 valence electrons. The molecule has 1 amide bonds. The molecule has 0 aliphatic carbocycles. The number of carbonyl (C=O) groups is 1. The van der Waals surface area contributed by atoms with E-state index in [1.54, 1.807) is 0 Å². The number of alkyl halides is 3. The molecule has 4 rings (SSSR count). The molecule has 0 aromatic carbocycles. The number of piperazine rings is 1. The summed E-state index contributed by atoms with van der Waals surface area (Å²) in [6.45, 7) is 5.78. The normalized spacial score (nSPS) is 21.9. The largest absolute Gasteiger partial charge is 0.416 e. The van der Waals surface area contributed by atoms with Gasteiger partial charge in [0.15, 0.2) is 0 Å². The van der Waals surface area contributed by atoms with Gasteiger partial charge in [-0.15, -0.1) is 0 Å². The lowest BCUT2D eigenvalue weighted by Crippen LogP contribution is -2.51. The Morgan fingerprint density at radius 3 is 2.80 bits per heavy atom. The van der Waals surface area contributed by atoms with E-state index in [-0.39, 0.29) is 35.8 Å². The van der Waals surface area contributed by atoms with Crippen LogP contribution in [0.4, 0.5) is 24.8 Å². The quantitative estimate of drug-likeness (QED) is 0.794. The summed E-state index contributed by atoms with van der Waals surface area (Å²) >= 11 is 0. The van der Waals surface area contributed by atoms with Gasteiger partial charge in [0.05, 0.1) is 17.0 Å². The Morgan fingerprint density at radius 1 is 1.27 bits per heavy atom. The third-order valence-electron chi connectivity index (χ3n) is 5.62. The van der Waals surface area contributed by atoms with Crippen LogP contribution in [0.1, 0.15) is 43.7 Å². The number of rotatable bonds is 3. The maximum absolute atomic E-state index is 13.7. The van der Waals surface area contributed by atoms with Crippen LogP contribution in [0.25, 0.3) is 11.4 Å². The Labute approximate surface area is 172 Å². The number of pyridine rings is 1. The van der Waals surface area contributed by atoms with E-state index < -0.39 is 11.7 Å². The molecule has 2 N–H and O–H groups in total. The highest BCUT2D eigenvalue weighted by atomic mass is 19.4. The van der Waals surface area contributed by atoms with Crippen molar-refractivity contribution in [3.8, 4) is 11.4 Å². The van der Waals surface area contributed by atoms with Crippen LogP contribution in [0, 0.1) is 0 Å². The zero-order chi connectivity index (χ0) is 21.5. The second kappa shape index (κ2) is 7.82. The predicted octanol–water partition coefficient (Wildman–Crippen LogP) is 3.19. The lowest BCUT2D eigenvalue weighted by atomic mass is 9.91. The molecule has 2 atom stereocenters. The SMILES string of the molecule is CC[C@@H]1CNCCN1c1cc(C(F)(F)F)cc(-c2ncnc3c2[C@@H](C)CC(=O)N3)n1. The minimum Gasteiger partial charge on any atom is -0.351 e. The van der Waals surface area contributed by atoms with Crippen molar-refractivity contribution in [2.75, 3.05) is 29.9 Å². The van der Waals surface area contributed by atoms with E-state index in [0.717, 1.165) is 18.6 Å². The fourth-order valence-corrected chi connectivity index (χ4v) is 4.10. The van der Waals surface area contributed by atoms with Crippen LogP contribution in [-0.2, 0) is 11.0 Å². The molecule has 2 aliphatic heterocycles. The molecule has 1 saturated heterocycles. The zero-order valence-electron chi connectivity index (χ0n) is 16.8. The van der Waals surface area contributed by atoms with E-state index in [4.69, 9.17) is 0 Å². The Balaban J connectivity index is 1.87. The maximum Gasteiger partial charge on any atom is 0.416 e. The van der Waals surface area contributed by atoms with E-state index in [1.807, 2.05) is 18.7 Å². The molecular formula is C20H23F3N6O. The van der Waals surface area contributed by atoms with Crippen molar-refractivity contribution in [1.29, 1.82) is 0 Å². The molecule has 30 heavy (non-hydrogen) atoms. The van der Waals surface area contributed by atoms with Crippen LogP contribution >= 0.6 is 0 Å². The zero-order valence-corrected chi connectivity index (χ0v) is 16.8. The van der Waals surface area contributed by atoms with E-state index >= 15 is 0 Å². The Bertz CT molecular complexity index is 964. The van der Waals surface area contributed by atoms with Crippen molar-refractivity contribution in [1.82, 2.24) is 20.3 Å². The third kappa shape index (κ3) is 3.83. The fourth-order valence-electron chi connectivity index (χ4n) is 4.10. The van der Waals surface area contributed by atoms with Crippen molar-refractivity contribution in [3.05, 3.63) is 29.6 Å². The van der Waals surface area contributed by atoms with Gasteiger partial charge in [-0.3, -0.25) is 4.79 Å². The van der Waals surface area contributed by atoms with Crippen LogP contribution in [0.15, 0.2) is 18.5 Å². The first-order valence-corrected chi connectivity index (χ1v) is 9.99. The second-order valence-corrected chi connectivity index (χ2v) is 7.69. The minimum absolute atomic E-state index is 0.0557. The third-order valence-corrected chi connectivity index (χ3v) is 5.62. The summed E-state index contributed by atoms with van der Waals surface area (Å²) in [7, 11) is 0. The summed E-state index contributed by atoms with van der Waals surface area (Å²) in [6, 6.07) is 2.19. The van der Waals surface area contributed by atoms with E-state index in [1.165, 1.54) is 6.33 Å². The monoisotopic (exact) mass is 420 g/mol. The van der Waals surface area contributed by atoms with E-state index in [0.29, 0.717) is 36.7 Å². The first-order chi connectivity index (χ1) is 14.3. The van der Waals surface area contributed by atoms with E-state index in [9.17, 15) is 18.0 Å². The highest BCUT2D eigenvalue weighted by Gasteiger charge is 2.35. The van der Waals surface area contributed by atoms with Gasteiger partial charge in [-0.25, -0.2) is 15.0 Å². The maximum atomic E-state index is 13.7. The molecule has 0 saturated carbocycles. The first-order valence-electron chi connectivity index (χ1n) is 9.99. The van der Waals surface area contributed by atoms with Crippen molar-refractivity contribution in [3.63, 3.8) is 0 Å². The molecule has 2 aromatic heterocycles. The molecule has 0 bridgehead atoms. The van der Waals surface area contributed by atoms with Gasteiger partial charge in [-0.2, -0.15) is 13.2 Å². The number of carbonyl (C=O) groups excluding carboxylic acids is 1. The molecule has 0 spiro atoms. The van der Waals surface area contributed by atoms with Gasteiger partial charge in [0, 0.05) is 37.7 Å². The number of halogens is 3. The van der Waals surface area contributed by atoms with Gasteiger partial charge < -0.3 is 15.5 Å². The Kier molecular flexibility index (Phi) is 5.35. The average Bonchev–Trinajstić information content (AvgIpc) is 2.72. The molecule has 0 unspecified atom stereocenters. The van der Waals surface area contributed by atoms with Crippen molar-refractivity contribution in [2.24, 2.45) is 0 Å². The van der Waals surface area contributed by atoms with Crippen molar-refractivity contribution < 1.29 is 18.0 Å². The van der Waals surface area contributed by atoms with Crippen molar-refractivity contribution in [2.45, 2.75) is 44.8 Å². The van der Waals surface area contributed by atoms with Crippen LogP contribution in [0.5, 0.6) is 0 Å². The van der Waals surface area contributed by atoms with Gasteiger partial charge in [0.2, 0.25) is 5.91 Å². The van der Waals surface area contributed by atoms with Crippen LogP contribution < -0.4 is 15.5 Å². The summed E-state index contributed by atoms with van der Waals surface area (Å²) in [5.41, 5.74) is 0.302. The summed E-state index contributed by atoms with van der Waals surface area (Å²) in [5, 5.41) is 5.96. The number of hydrogen-bond acceptors (Lipinski definition) is 6. The number of anilines is 2. The summed E-state index contributed by atoms with van der Waals surface area (Å²) in [4.78, 5) is 26.7. The standard InChI is InChI=1S/C20H23F3N6O/c1-3-13-9-24-4-5-29(13)15-8-12(20(21,22)23)7-14(27-15)18-17-11(2)6-16(30)28-19(17)26-10-25-18/h7-8,10-11,13,24H,3-6,9H2,1-2H3,(H,25,26,28,30)/t11-,13+/m0/s1. The lowest BCUT2D eigenvalue weighted by Gasteiger charge is -2.37. The second-order valence-electron chi connectivity index (χ2n) is 7.69. The van der Waals surface area contributed by atoms with Gasteiger partial charge in [-0.1, -0.05) is 13.8 Å². The first kappa shape index (κ1) is 20.5. The molecule has 2 aromatic rings. The number of fused-ring (bicyclic) bond motifs is 1. The molecule has 10 heteroatoms. The van der Waals surface area contributed by atoms with Gasteiger partial charge in [0.1, 0.15) is 18.0 Å². The summed E-state index contributed by atoms with van der Waals surface area (Å²) < 4.78 is 41.2. The number of nitrogens with one attached hydrogen (secondary N) is 2. The van der Waals surface area contributed by atoms with Gasteiger partial charge in [-0.05, 0) is 24.5 Å². The molecule has 1 fully saturated rings. The van der Waals surface area contributed by atoms with Crippen LogP contribution in [-0.4, -0.2) is 46.5 Å². The lowest BCUT2D eigenvalue weighted by molar-refractivity contribution is -0.137. The molecule has 7 nitrogen and oxygen atoms in total. The predicted molar refractivity (Wildman–Crippen MR) is 106 cm³/mol. The van der Waals surface area contributed by atoms with Crippen molar-refractivity contribution >= 4 is 17.5 Å². The highest BCUT2D eigenvalue weighted by Crippen LogP contribution is 2.39. The highest BCUT2D eigenvalue weighted by molar-refractivity contribution is 5.94. The Hall–Kier alpha value is -2.75. The van der Waals surface area contributed by atoms with Gasteiger partial charge >= 0.3 is 6.18 Å². The number of amides is 1. The minimum atomic E-state index is -4.52. The molecule has 2 aliphatic rings. The number of nitrogens with zero attached hydrogens (tertiary/aromatic N) is 4. The van der Waals surface area contributed by atoms with Crippen LogP contribution in [0.3, 0.4) is 0 Å². The average molecular weight is 420 g/mol. The van der Waals surface area contributed by atoms with E-state index in [2.05, 4.69) is 25.6 Å².